The predicted molar refractivity (Wildman–Crippen MR) is 74.9 cm³/mol. The van der Waals surface area contributed by atoms with Gasteiger partial charge in [-0.2, -0.15) is 0 Å². The van der Waals surface area contributed by atoms with Crippen LogP contribution in [0.1, 0.15) is 24.8 Å². The fourth-order valence-corrected chi connectivity index (χ4v) is 2.19. The Labute approximate surface area is 117 Å². The molecule has 0 saturated heterocycles. The van der Waals surface area contributed by atoms with Crippen LogP contribution < -0.4 is 15.8 Å². The molecule has 1 aromatic carbocycles. The van der Waals surface area contributed by atoms with Crippen molar-refractivity contribution in [2.24, 2.45) is 16.8 Å². The molecule has 0 saturated carbocycles. The largest absolute Gasteiger partial charge is 0.493 e. The minimum atomic E-state index is -0.209. The molecule has 6 heteroatoms. The van der Waals surface area contributed by atoms with Crippen molar-refractivity contribution in [3.8, 4) is 5.75 Å². The average molecular weight is 277 g/mol. The third-order valence-electron chi connectivity index (χ3n) is 3.48. The number of carbonyl (C=O) groups is 1. The van der Waals surface area contributed by atoms with E-state index < -0.39 is 0 Å². The number of benzene rings is 1. The molecule has 1 heterocycles. The number of amides is 1. The number of nitrogens with two attached hydrogens (primary N) is 1. The Bertz CT molecular complexity index is 516. The first-order chi connectivity index (χ1) is 9.63. The summed E-state index contributed by atoms with van der Waals surface area (Å²) in [4.78, 5) is 12.3. The minimum Gasteiger partial charge on any atom is -0.493 e. The van der Waals surface area contributed by atoms with Gasteiger partial charge < -0.3 is 21.0 Å². The number of rotatable bonds is 4. The standard InChI is InChI=1S/C14H19N3O3/c1-9(13(15)17-19)8-16-14(18)11-6-7-20-12-5-3-2-4-10(11)12/h2-5,9,11,19H,6-8H2,1H3,(H2,15,17)(H,16,18). The zero-order valence-corrected chi connectivity index (χ0v) is 11.4. The van der Waals surface area contributed by atoms with E-state index in [9.17, 15) is 4.79 Å². The van der Waals surface area contributed by atoms with Crippen LogP contribution in [0.3, 0.4) is 0 Å². The summed E-state index contributed by atoms with van der Waals surface area (Å²) in [6, 6.07) is 7.56. The number of carbonyl (C=O) groups excluding carboxylic acids is 1. The lowest BCUT2D eigenvalue weighted by molar-refractivity contribution is -0.123. The van der Waals surface area contributed by atoms with Crippen LogP contribution in [0.5, 0.6) is 5.75 Å². The van der Waals surface area contributed by atoms with Crippen molar-refractivity contribution < 1.29 is 14.7 Å². The average Bonchev–Trinajstić information content (AvgIpc) is 2.50. The zero-order valence-electron chi connectivity index (χ0n) is 11.4. The van der Waals surface area contributed by atoms with Crippen LogP contribution >= 0.6 is 0 Å². The highest BCUT2D eigenvalue weighted by Crippen LogP contribution is 2.33. The summed E-state index contributed by atoms with van der Waals surface area (Å²) in [7, 11) is 0. The van der Waals surface area contributed by atoms with Crippen LogP contribution in [0, 0.1) is 5.92 Å². The lowest BCUT2D eigenvalue weighted by Crippen LogP contribution is -2.38. The Morgan fingerprint density at radius 2 is 2.35 bits per heavy atom. The molecule has 1 aliphatic heterocycles. The summed E-state index contributed by atoms with van der Waals surface area (Å²) in [5.41, 5.74) is 6.40. The number of hydrogen-bond acceptors (Lipinski definition) is 4. The maximum absolute atomic E-state index is 12.3. The number of oxime groups is 1. The molecule has 1 aromatic rings. The van der Waals surface area contributed by atoms with Crippen molar-refractivity contribution in [2.75, 3.05) is 13.2 Å². The number of nitrogens with one attached hydrogen (secondary N) is 1. The smallest absolute Gasteiger partial charge is 0.227 e. The van der Waals surface area contributed by atoms with Gasteiger partial charge in [-0.25, -0.2) is 0 Å². The lowest BCUT2D eigenvalue weighted by atomic mass is 9.92. The lowest BCUT2D eigenvalue weighted by Gasteiger charge is -2.25. The van der Waals surface area contributed by atoms with Crippen LogP contribution in [0.4, 0.5) is 0 Å². The first-order valence-electron chi connectivity index (χ1n) is 6.60. The van der Waals surface area contributed by atoms with Crippen molar-refractivity contribution >= 4 is 11.7 Å². The highest BCUT2D eigenvalue weighted by atomic mass is 16.5. The van der Waals surface area contributed by atoms with Crippen molar-refractivity contribution in [2.45, 2.75) is 19.3 Å². The highest BCUT2D eigenvalue weighted by Gasteiger charge is 2.27. The summed E-state index contributed by atoms with van der Waals surface area (Å²) in [5, 5.41) is 14.4. The Hall–Kier alpha value is -2.24. The van der Waals surface area contributed by atoms with Crippen LogP contribution in [-0.4, -0.2) is 30.1 Å². The summed E-state index contributed by atoms with van der Waals surface area (Å²) in [6.07, 6.45) is 0.654. The van der Waals surface area contributed by atoms with Gasteiger partial charge in [0.25, 0.3) is 0 Å². The van der Waals surface area contributed by atoms with E-state index in [1.165, 1.54) is 0 Å². The van der Waals surface area contributed by atoms with Gasteiger partial charge >= 0.3 is 0 Å². The van der Waals surface area contributed by atoms with Gasteiger partial charge in [0, 0.05) is 18.0 Å². The number of para-hydroxylation sites is 1. The highest BCUT2D eigenvalue weighted by molar-refractivity contribution is 5.86. The second-order valence-corrected chi connectivity index (χ2v) is 4.90. The van der Waals surface area contributed by atoms with E-state index in [2.05, 4.69) is 10.5 Å². The second kappa shape index (κ2) is 6.27. The second-order valence-electron chi connectivity index (χ2n) is 4.90. The van der Waals surface area contributed by atoms with Crippen LogP contribution in [0.25, 0.3) is 0 Å². The van der Waals surface area contributed by atoms with Crippen molar-refractivity contribution in [1.29, 1.82) is 0 Å². The molecular formula is C14H19N3O3. The van der Waals surface area contributed by atoms with Crippen molar-refractivity contribution in [3.63, 3.8) is 0 Å². The molecule has 0 bridgehead atoms. The van der Waals surface area contributed by atoms with E-state index in [4.69, 9.17) is 15.7 Å². The third kappa shape index (κ3) is 3.01. The molecule has 4 N–H and O–H groups in total. The predicted octanol–water partition coefficient (Wildman–Crippen LogP) is 1.05. The van der Waals surface area contributed by atoms with E-state index >= 15 is 0 Å². The molecular weight excluding hydrogens is 258 g/mol. The summed E-state index contributed by atoms with van der Waals surface area (Å²) in [6.45, 7) is 2.66. The van der Waals surface area contributed by atoms with Gasteiger partial charge in [0.2, 0.25) is 5.91 Å². The maximum atomic E-state index is 12.3. The SMILES string of the molecule is CC(CNC(=O)C1CCOc2ccccc21)C(N)=NO. The molecule has 0 fully saturated rings. The van der Waals surface area contributed by atoms with Gasteiger partial charge in [0.1, 0.15) is 11.6 Å². The van der Waals surface area contributed by atoms with Crippen LogP contribution in [0.15, 0.2) is 29.4 Å². The first-order valence-corrected chi connectivity index (χ1v) is 6.60. The Morgan fingerprint density at radius 1 is 1.60 bits per heavy atom. The van der Waals surface area contributed by atoms with Crippen LogP contribution in [0.2, 0.25) is 0 Å². The van der Waals surface area contributed by atoms with E-state index in [0.717, 1.165) is 11.3 Å². The van der Waals surface area contributed by atoms with E-state index in [1.807, 2.05) is 24.3 Å². The molecule has 20 heavy (non-hydrogen) atoms. The molecule has 1 aliphatic rings. The van der Waals surface area contributed by atoms with Gasteiger partial charge in [0.05, 0.1) is 12.5 Å². The van der Waals surface area contributed by atoms with Crippen molar-refractivity contribution in [3.05, 3.63) is 29.8 Å². The van der Waals surface area contributed by atoms with Gasteiger partial charge in [-0.15, -0.1) is 0 Å². The fourth-order valence-electron chi connectivity index (χ4n) is 2.19. The van der Waals surface area contributed by atoms with E-state index in [1.54, 1.807) is 6.92 Å². The normalized spacial score (nSPS) is 19.6. The molecule has 0 radical (unpaired) electrons. The number of amidine groups is 1. The quantitative estimate of drug-likeness (QED) is 0.332. The molecule has 1 amide bonds. The molecule has 0 aromatic heterocycles. The van der Waals surface area contributed by atoms with Gasteiger partial charge in [-0.1, -0.05) is 30.3 Å². The molecule has 2 unspecified atom stereocenters. The number of fused-ring (bicyclic) bond motifs is 1. The first kappa shape index (κ1) is 14.2. The zero-order chi connectivity index (χ0) is 14.5. The number of nitrogens with zero attached hydrogens (tertiary/aromatic N) is 1. The molecule has 108 valence electrons. The molecule has 0 spiro atoms. The summed E-state index contributed by atoms with van der Waals surface area (Å²) < 4.78 is 5.53. The monoisotopic (exact) mass is 277 g/mol. The Kier molecular flexibility index (Phi) is 4.45. The molecule has 2 atom stereocenters. The Balaban J connectivity index is 2.01. The minimum absolute atomic E-state index is 0.0571. The fraction of sp³-hybridized carbons (Fsp3) is 0.429. The van der Waals surface area contributed by atoms with E-state index in [-0.39, 0.29) is 23.6 Å². The summed E-state index contributed by atoms with van der Waals surface area (Å²) >= 11 is 0. The number of hydrogen-bond donors (Lipinski definition) is 3. The molecule has 6 nitrogen and oxygen atoms in total. The van der Waals surface area contributed by atoms with Gasteiger partial charge in [-0.05, 0) is 12.5 Å². The molecule has 2 rings (SSSR count). The maximum Gasteiger partial charge on any atom is 0.227 e. The van der Waals surface area contributed by atoms with Crippen molar-refractivity contribution in [1.82, 2.24) is 5.32 Å². The number of ether oxygens (including phenoxy) is 1. The van der Waals surface area contributed by atoms with Crippen LogP contribution in [-0.2, 0) is 4.79 Å². The van der Waals surface area contributed by atoms with Gasteiger partial charge in [0.15, 0.2) is 0 Å². The van der Waals surface area contributed by atoms with E-state index in [0.29, 0.717) is 19.6 Å². The third-order valence-corrected chi connectivity index (χ3v) is 3.48. The molecule has 0 aliphatic carbocycles. The van der Waals surface area contributed by atoms with Gasteiger partial charge in [-0.3, -0.25) is 4.79 Å². The topological polar surface area (TPSA) is 96.9 Å². The Morgan fingerprint density at radius 3 is 3.10 bits per heavy atom. The summed E-state index contributed by atoms with van der Waals surface area (Å²) in [5.74, 6) is 0.401.